The maximum atomic E-state index is 13.5. The van der Waals surface area contributed by atoms with Gasteiger partial charge in [-0.2, -0.15) is 0 Å². The van der Waals surface area contributed by atoms with Gasteiger partial charge in [0.25, 0.3) is 5.91 Å². The molecule has 1 heterocycles. The van der Waals surface area contributed by atoms with E-state index in [1.54, 1.807) is 0 Å². The fourth-order valence-corrected chi connectivity index (χ4v) is 4.88. The number of hydrogen-bond acceptors (Lipinski definition) is 2. The van der Waals surface area contributed by atoms with E-state index < -0.39 is 6.10 Å². The Bertz CT molecular complexity index is 1020. The van der Waals surface area contributed by atoms with Crippen LogP contribution in [0.2, 0.25) is 0 Å². The van der Waals surface area contributed by atoms with E-state index in [1.807, 2.05) is 41.3 Å². The lowest BCUT2D eigenvalue weighted by Crippen LogP contribution is -2.37. The minimum Gasteiger partial charge on any atom is -0.391 e. The molecule has 0 spiro atoms. The highest BCUT2D eigenvalue weighted by Crippen LogP contribution is 2.43. The third-order valence-electron chi connectivity index (χ3n) is 6.45. The Morgan fingerprint density at radius 1 is 0.933 bits per heavy atom. The number of fused-ring (bicyclic) bond motifs is 2. The van der Waals surface area contributed by atoms with Gasteiger partial charge in [-0.15, -0.1) is 0 Å². The molecule has 3 heteroatoms. The standard InChI is InChI=1S/C27H31NO2/c1-3-4-5-6-18-25(29)26-23-15-9-10-16-24(23)27(30)28(26)19(2)21-17-11-13-20-12-7-8-14-22(20)21/h7-17,19,25-26,29H,3-6,18H2,1-2H3/t19?,25-,26-/m1/s1. The number of carbonyl (C=O) groups is 1. The number of amides is 1. The molecule has 1 unspecified atom stereocenters. The maximum Gasteiger partial charge on any atom is 0.255 e. The van der Waals surface area contributed by atoms with Crippen molar-refractivity contribution in [3.63, 3.8) is 0 Å². The summed E-state index contributed by atoms with van der Waals surface area (Å²) in [7, 11) is 0. The third-order valence-corrected chi connectivity index (χ3v) is 6.45. The number of benzene rings is 3. The lowest BCUT2D eigenvalue weighted by molar-refractivity contribution is 0.0263. The predicted octanol–water partition coefficient (Wildman–Crippen LogP) is 6.43. The van der Waals surface area contributed by atoms with Crippen molar-refractivity contribution in [2.75, 3.05) is 0 Å². The van der Waals surface area contributed by atoms with Crippen molar-refractivity contribution in [2.24, 2.45) is 0 Å². The van der Waals surface area contributed by atoms with Gasteiger partial charge in [-0.3, -0.25) is 4.79 Å². The van der Waals surface area contributed by atoms with Gasteiger partial charge >= 0.3 is 0 Å². The van der Waals surface area contributed by atoms with E-state index in [1.165, 1.54) is 18.2 Å². The molecular weight excluding hydrogens is 370 g/mol. The normalized spacial score (nSPS) is 17.9. The van der Waals surface area contributed by atoms with Crippen molar-refractivity contribution < 1.29 is 9.90 Å². The Kier molecular flexibility index (Phi) is 6.19. The molecule has 3 aromatic carbocycles. The third kappa shape index (κ3) is 3.75. The topological polar surface area (TPSA) is 40.5 Å². The number of hydrogen-bond donors (Lipinski definition) is 1. The second-order valence-corrected chi connectivity index (χ2v) is 8.41. The number of carbonyl (C=O) groups excluding carboxylic acids is 1. The van der Waals surface area contributed by atoms with E-state index in [0.717, 1.165) is 34.9 Å². The summed E-state index contributed by atoms with van der Waals surface area (Å²) in [5.41, 5.74) is 2.80. The Labute approximate surface area is 179 Å². The average molecular weight is 402 g/mol. The molecule has 0 aromatic heterocycles. The Balaban J connectivity index is 1.70. The molecule has 1 aliphatic rings. The summed E-state index contributed by atoms with van der Waals surface area (Å²) in [5.74, 6) is 0.0173. The predicted molar refractivity (Wildman–Crippen MR) is 122 cm³/mol. The second-order valence-electron chi connectivity index (χ2n) is 8.41. The molecule has 0 saturated heterocycles. The van der Waals surface area contributed by atoms with Crippen LogP contribution in [0.1, 0.15) is 79.5 Å². The molecule has 0 saturated carbocycles. The van der Waals surface area contributed by atoms with Gasteiger partial charge in [0.15, 0.2) is 0 Å². The minimum atomic E-state index is -0.563. The molecule has 0 fully saturated rings. The van der Waals surface area contributed by atoms with Gasteiger partial charge in [-0.05, 0) is 41.3 Å². The molecule has 4 rings (SSSR count). The van der Waals surface area contributed by atoms with Crippen molar-refractivity contribution in [2.45, 2.75) is 64.1 Å². The van der Waals surface area contributed by atoms with Gasteiger partial charge in [0.1, 0.15) is 0 Å². The number of unbranched alkanes of at least 4 members (excludes halogenated alkanes) is 3. The van der Waals surface area contributed by atoms with E-state index >= 15 is 0 Å². The molecule has 0 aliphatic carbocycles. The molecule has 1 aliphatic heterocycles. The summed E-state index contributed by atoms with van der Waals surface area (Å²) in [5, 5.41) is 13.5. The van der Waals surface area contributed by atoms with E-state index in [2.05, 4.69) is 44.2 Å². The van der Waals surface area contributed by atoms with Crippen LogP contribution in [-0.4, -0.2) is 22.0 Å². The first-order chi connectivity index (χ1) is 14.6. The maximum absolute atomic E-state index is 13.5. The van der Waals surface area contributed by atoms with Crippen LogP contribution in [0.5, 0.6) is 0 Å². The largest absolute Gasteiger partial charge is 0.391 e. The van der Waals surface area contributed by atoms with Crippen LogP contribution in [0.15, 0.2) is 66.7 Å². The van der Waals surface area contributed by atoms with Gasteiger partial charge in [0, 0.05) is 5.56 Å². The van der Waals surface area contributed by atoms with Gasteiger partial charge in [-0.1, -0.05) is 93.3 Å². The first-order valence-electron chi connectivity index (χ1n) is 11.2. The van der Waals surface area contributed by atoms with Gasteiger partial charge in [-0.25, -0.2) is 0 Å². The lowest BCUT2D eigenvalue weighted by Gasteiger charge is -2.35. The van der Waals surface area contributed by atoms with Crippen LogP contribution in [0.4, 0.5) is 0 Å². The van der Waals surface area contributed by atoms with E-state index in [-0.39, 0.29) is 18.0 Å². The highest BCUT2D eigenvalue weighted by Gasteiger charge is 2.43. The van der Waals surface area contributed by atoms with Gasteiger partial charge in [0.05, 0.1) is 18.2 Å². The molecule has 0 bridgehead atoms. The molecule has 156 valence electrons. The van der Waals surface area contributed by atoms with E-state index in [4.69, 9.17) is 0 Å². The summed E-state index contributed by atoms with van der Waals surface area (Å²) in [4.78, 5) is 15.4. The van der Waals surface area contributed by atoms with Crippen LogP contribution in [-0.2, 0) is 0 Å². The summed E-state index contributed by atoms with van der Waals surface area (Å²) >= 11 is 0. The highest BCUT2D eigenvalue weighted by atomic mass is 16.3. The number of aliphatic hydroxyl groups is 1. The zero-order chi connectivity index (χ0) is 21.1. The molecule has 0 radical (unpaired) electrons. The molecule has 3 aromatic rings. The lowest BCUT2D eigenvalue weighted by atomic mass is 9.94. The van der Waals surface area contributed by atoms with Crippen molar-refractivity contribution in [1.29, 1.82) is 0 Å². The van der Waals surface area contributed by atoms with Gasteiger partial charge < -0.3 is 10.0 Å². The molecule has 1 N–H and O–H groups in total. The van der Waals surface area contributed by atoms with Crippen molar-refractivity contribution in [1.82, 2.24) is 4.90 Å². The summed E-state index contributed by atoms with van der Waals surface area (Å²) in [6.45, 7) is 4.28. The van der Waals surface area contributed by atoms with E-state index in [9.17, 15) is 9.90 Å². The zero-order valence-corrected chi connectivity index (χ0v) is 17.9. The van der Waals surface area contributed by atoms with Crippen LogP contribution in [0.3, 0.4) is 0 Å². The number of nitrogens with zero attached hydrogens (tertiary/aromatic N) is 1. The minimum absolute atomic E-state index is 0.0173. The first-order valence-corrected chi connectivity index (χ1v) is 11.2. The average Bonchev–Trinajstić information content (AvgIpc) is 3.08. The summed E-state index contributed by atoms with van der Waals surface area (Å²) in [6, 6.07) is 21.9. The van der Waals surface area contributed by atoms with Crippen molar-refractivity contribution in [3.05, 3.63) is 83.4 Å². The van der Waals surface area contributed by atoms with Crippen LogP contribution >= 0.6 is 0 Å². The summed E-state index contributed by atoms with van der Waals surface area (Å²) < 4.78 is 0. The van der Waals surface area contributed by atoms with Crippen molar-refractivity contribution >= 4 is 16.7 Å². The van der Waals surface area contributed by atoms with Crippen molar-refractivity contribution in [3.8, 4) is 0 Å². The van der Waals surface area contributed by atoms with Crippen LogP contribution < -0.4 is 0 Å². The van der Waals surface area contributed by atoms with E-state index in [0.29, 0.717) is 6.42 Å². The number of rotatable bonds is 8. The Morgan fingerprint density at radius 2 is 1.67 bits per heavy atom. The quantitative estimate of drug-likeness (QED) is 0.442. The highest BCUT2D eigenvalue weighted by molar-refractivity contribution is 6.00. The van der Waals surface area contributed by atoms with Gasteiger partial charge in [0.2, 0.25) is 0 Å². The van der Waals surface area contributed by atoms with Crippen LogP contribution in [0.25, 0.3) is 10.8 Å². The zero-order valence-electron chi connectivity index (χ0n) is 17.9. The molecule has 30 heavy (non-hydrogen) atoms. The first kappa shape index (κ1) is 20.6. The van der Waals surface area contributed by atoms with Crippen LogP contribution in [0, 0.1) is 0 Å². The smallest absolute Gasteiger partial charge is 0.255 e. The number of aliphatic hydroxyl groups excluding tert-OH is 1. The fourth-order valence-electron chi connectivity index (χ4n) is 4.88. The molecular formula is C27H31NO2. The second kappa shape index (κ2) is 9.01. The monoisotopic (exact) mass is 401 g/mol. The molecule has 1 amide bonds. The molecule has 3 nitrogen and oxygen atoms in total. The Hall–Kier alpha value is -2.65. The molecule has 3 atom stereocenters. The fraction of sp³-hybridized carbons (Fsp3) is 0.370. The SMILES string of the molecule is CCCCCC[C@@H](O)[C@H]1c2ccccc2C(=O)N1C(C)c1cccc2ccccc12. The summed E-state index contributed by atoms with van der Waals surface area (Å²) in [6.07, 6.45) is 4.61. The Morgan fingerprint density at radius 3 is 2.50 bits per heavy atom.